The third-order valence-corrected chi connectivity index (χ3v) is 4.51. The molecule has 0 aromatic carbocycles. The van der Waals surface area contributed by atoms with Crippen molar-refractivity contribution >= 4 is 18.5 Å². The fraction of sp³-hybridized carbons (Fsp3) is 0.909. The number of amides is 1. The summed E-state index contributed by atoms with van der Waals surface area (Å²) in [7, 11) is 0. The SMILES string of the molecule is Cl.NC(=O)OC1C2CC3CC(C2)CC1(N)C3. The minimum atomic E-state index is -0.669. The Hall–Kier alpha value is -0.480. The first-order valence-corrected chi connectivity index (χ1v) is 5.82. The average Bonchev–Trinajstić information content (AvgIpc) is 2.09. The Morgan fingerprint density at radius 3 is 2.19 bits per heavy atom. The van der Waals surface area contributed by atoms with Gasteiger partial charge >= 0.3 is 6.09 Å². The summed E-state index contributed by atoms with van der Waals surface area (Å²) >= 11 is 0. The number of hydrogen-bond acceptors (Lipinski definition) is 3. The molecule has 92 valence electrons. The molecule has 0 aliphatic heterocycles. The van der Waals surface area contributed by atoms with Gasteiger partial charge in [0.2, 0.25) is 0 Å². The van der Waals surface area contributed by atoms with E-state index in [1.807, 2.05) is 0 Å². The van der Waals surface area contributed by atoms with Crippen molar-refractivity contribution in [2.24, 2.45) is 29.2 Å². The van der Waals surface area contributed by atoms with E-state index >= 15 is 0 Å². The van der Waals surface area contributed by atoms with Gasteiger partial charge in [0.1, 0.15) is 6.10 Å². The summed E-state index contributed by atoms with van der Waals surface area (Å²) in [6.45, 7) is 0. The molecule has 4 saturated carbocycles. The minimum absolute atomic E-state index is 0. The van der Waals surface area contributed by atoms with Crippen molar-refractivity contribution in [2.75, 3.05) is 0 Å². The van der Waals surface area contributed by atoms with Crippen molar-refractivity contribution in [1.82, 2.24) is 0 Å². The molecule has 4 bridgehead atoms. The number of carbonyl (C=O) groups excluding carboxylic acids is 1. The van der Waals surface area contributed by atoms with Gasteiger partial charge in [-0.15, -0.1) is 12.4 Å². The highest BCUT2D eigenvalue weighted by Gasteiger charge is 2.56. The smallest absolute Gasteiger partial charge is 0.404 e. The Morgan fingerprint density at radius 1 is 1.19 bits per heavy atom. The number of hydrogen-bond donors (Lipinski definition) is 2. The van der Waals surface area contributed by atoms with Crippen molar-refractivity contribution in [3.8, 4) is 0 Å². The van der Waals surface area contributed by atoms with Crippen LogP contribution >= 0.6 is 12.4 Å². The highest BCUT2D eigenvalue weighted by atomic mass is 35.5. The van der Waals surface area contributed by atoms with Crippen LogP contribution in [0.15, 0.2) is 0 Å². The second-order valence-corrected chi connectivity index (χ2v) is 5.70. The van der Waals surface area contributed by atoms with Crippen LogP contribution in [-0.4, -0.2) is 17.7 Å². The number of rotatable bonds is 1. The molecule has 0 heterocycles. The number of carbonyl (C=O) groups is 1. The Morgan fingerprint density at radius 2 is 1.75 bits per heavy atom. The van der Waals surface area contributed by atoms with Gasteiger partial charge in [-0.2, -0.15) is 0 Å². The van der Waals surface area contributed by atoms with Crippen LogP contribution in [0.3, 0.4) is 0 Å². The molecule has 3 unspecified atom stereocenters. The first-order valence-electron chi connectivity index (χ1n) is 5.82. The van der Waals surface area contributed by atoms with Gasteiger partial charge in [0.15, 0.2) is 0 Å². The normalized spacial score (nSPS) is 48.6. The number of primary amides is 1. The van der Waals surface area contributed by atoms with Gasteiger partial charge in [0.25, 0.3) is 0 Å². The van der Waals surface area contributed by atoms with Crippen LogP contribution in [0.1, 0.15) is 32.1 Å². The fourth-order valence-electron chi connectivity index (χ4n) is 4.40. The highest BCUT2D eigenvalue weighted by molar-refractivity contribution is 5.85. The van der Waals surface area contributed by atoms with Gasteiger partial charge in [0, 0.05) is 0 Å². The molecule has 5 heteroatoms. The molecular weight excluding hydrogens is 228 g/mol. The Kier molecular flexibility index (Phi) is 2.83. The zero-order valence-electron chi connectivity index (χ0n) is 9.22. The Labute approximate surface area is 101 Å². The third-order valence-electron chi connectivity index (χ3n) is 4.51. The number of halogens is 1. The van der Waals surface area contributed by atoms with Gasteiger partial charge in [-0.25, -0.2) is 4.79 Å². The molecule has 0 aromatic rings. The second-order valence-electron chi connectivity index (χ2n) is 5.70. The lowest BCUT2D eigenvalue weighted by Gasteiger charge is -2.58. The van der Waals surface area contributed by atoms with Crippen LogP contribution in [0, 0.1) is 17.8 Å². The molecule has 4 aliphatic carbocycles. The maximum Gasteiger partial charge on any atom is 0.404 e. The number of ether oxygens (including phenoxy) is 1. The quantitative estimate of drug-likeness (QED) is 0.734. The van der Waals surface area contributed by atoms with E-state index in [0.29, 0.717) is 5.92 Å². The summed E-state index contributed by atoms with van der Waals surface area (Å²) in [5.41, 5.74) is 11.2. The van der Waals surface area contributed by atoms with E-state index in [4.69, 9.17) is 16.2 Å². The minimum Gasteiger partial charge on any atom is -0.444 e. The highest BCUT2D eigenvalue weighted by Crippen LogP contribution is 2.55. The predicted octanol–water partition coefficient (Wildman–Crippen LogP) is 1.41. The van der Waals surface area contributed by atoms with Crippen molar-refractivity contribution in [3.05, 3.63) is 0 Å². The van der Waals surface area contributed by atoms with Crippen LogP contribution in [-0.2, 0) is 4.74 Å². The Balaban J connectivity index is 0.000000963. The van der Waals surface area contributed by atoms with Crippen LogP contribution in [0.4, 0.5) is 4.79 Å². The van der Waals surface area contributed by atoms with E-state index in [9.17, 15) is 4.79 Å². The Bertz CT molecular complexity index is 296. The molecule has 1 amide bonds. The van der Waals surface area contributed by atoms with Gasteiger partial charge in [-0.3, -0.25) is 0 Å². The zero-order valence-corrected chi connectivity index (χ0v) is 10.0. The molecule has 4 aliphatic rings. The first-order chi connectivity index (χ1) is 7.07. The maximum atomic E-state index is 10.9. The molecule has 16 heavy (non-hydrogen) atoms. The molecule has 4 nitrogen and oxygen atoms in total. The maximum absolute atomic E-state index is 10.9. The van der Waals surface area contributed by atoms with E-state index < -0.39 is 6.09 Å². The lowest BCUT2D eigenvalue weighted by atomic mass is 9.52. The molecule has 4 fully saturated rings. The van der Waals surface area contributed by atoms with Gasteiger partial charge < -0.3 is 16.2 Å². The van der Waals surface area contributed by atoms with E-state index in [-0.39, 0.29) is 24.0 Å². The second kappa shape index (κ2) is 3.77. The van der Waals surface area contributed by atoms with E-state index in [1.54, 1.807) is 0 Å². The molecule has 0 spiro atoms. The summed E-state index contributed by atoms with van der Waals surface area (Å²) in [6.07, 6.45) is 4.91. The van der Waals surface area contributed by atoms with Gasteiger partial charge in [-0.05, 0) is 49.9 Å². The van der Waals surface area contributed by atoms with Gasteiger partial charge in [0.05, 0.1) is 5.54 Å². The van der Waals surface area contributed by atoms with Crippen LogP contribution in [0.25, 0.3) is 0 Å². The first kappa shape index (κ1) is 12.0. The summed E-state index contributed by atoms with van der Waals surface area (Å²) in [5.74, 6) is 1.99. The topological polar surface area (TPSA) is 78.3 Å². The van der Waals surface area contributed by atoms with E-state index in [1.165, 1.54) is 19.3 Å². The molecule has 0 saturated heterocycles. The monoisotopic (exact) mass is 246 g/mol. The lowest BCUT2D eigenvalue weighted by molar-refractivity contribution is -0.109. The third kappa shape index (κ3) is 1.68. The fourth-order valence-corrected chi connectivity index (χ4v) is 4.40. The van der Waals surface area contributed by atoms with Crippen molar-refractivity contribution in [2.45, 2.75) is 43.7 Å². The molecule has 0 aromatic heterocycles. The summed E-state index contributed by atoms with van der Waals surface area (Å²) in [4.78, 5) is 10.9. The van der Waals surface area contributed by atoms with Crippen LogP contribution in [0.5, 0.6) is 0 Å². The average molecular weight is 247 g/mol. The molecule has 4 N–H and O–H groups in total. The predicted molar refractivity (Wildman–Crippen MR) is 62.2 cm³/mol. The van der Waals surface area contributed by atoms with Crippen molar-refractivity contribution in [1.29, 1.82) is 0 Å². The molecular formula is C11H19ClN2O2. The van der Waals surface area contributed by atoms with Crippen LogP contribution in [0.2, 0.25) is 0 Å². The molecule has 3 atom stereocenters. The van der Waals surface area contributed by atoms with Gasteiger partial charge in [-0.1, -0.05) is 0 Å². The lowest BCUT2D eigenvalue weighted by Crippen LogP contribution is -2.66. The standard InChI is InChI=1S/C11H18N2O2.ClH/c12-10(14)15-9-8-2-6-1-7(3-8)5-11(9,13)4-6;/h6-9H,1-5,13H2,(H2,12,14);1H. The summed E-state index contributed by atoms with van der Waals surface area (Å²) < 4.78 is 5.24. The van der Waals surface area contributed by atoms with Crippen LogP contribution < -0.4 is 11.5 Å². The van der Waals surface area contributed by atoms with E-state index in [2.05, 4.69) is 0 Å². The molecule has 0 radical (unpaired) electrons. The molecule has 4 rings (SSSR count). The van der Waals surface area contributed by atoms with Crippen molar-refractivity contribution < 1.29 is 9.53 Å². The zero-order chi connectivity index (χ0) is 10.6. The largest absolute Gasteiger partial charge is 0.444 e. The van der Waals surface area contributed by atoms with Crippen molar-refractivity contribution in [3.63, 3.8) is 0 Å². The van der Waals surface area contributed by atoms with E-state index in [0.717, 1.165) is 24.7 Å². The summed E-state index contributed by atoms with van der Waals surface area (Å²) in [6, 6.07) is 0. The summed E-state index contributed by atoms with van der Waals surface area (Å²) in [5, 5.41) is 0. The number of nitrogens with two attached hydrogens (primary N) is 2.